The Morgan fingerprint density at radius 2 is 2.42 bits per heavy atom. The van der Waals surface area contributed by atoms with E-state index in [4.69, 9.17) is 10.00 Å². The number of hydrogen-bond donors (Lipinski definition) is 0. The van der Waals surface area contributed by atoms with Crippen LogP contribution in [0, 0.1) is 17.2 Å². The average molecular weight is 167 g/mol. The molecule has 2 unspecified atom stereocenters. The van der Waals surface area contributed by atoms with Gasteiger partial charge in [0.1, 0.15) is 11.5 Å². The van der Waals surface area contributed by atoms with Crippen LogP contribution < -0.4 is 0 Å². The predicted octanol–water partition coefficient (Wildman–Crippen LogP) is 1.28. The monoisotopic (exact) mass is 167 g/mol. The third kappa shape index (κ3) is 1.49. The smallest absolute Gasteiger partial charge is 0.181 e. The molecule has 1 fully saturated rings. The minimum Gasteiger partial charge on any atom is -0.367 e. The van der Waals surface area contributed by atoms with E-state index < -0.39 is 11.5 Å². The van der Waals surface area contributed by atoms with E-state index in [1.807, 2.05) is 6.07 Å². The highest BCUT2D eigenvalue weighted by Crippen LogP contribution is 2.28. The molecular weight excluding hydrogens is 154 g/mol. The van der Waals surface area contributed by atoms with E-state index in [-0.39, 0.29) is 5.78 Å². The van der Waals surface area contributed by atoms with Gasteiger partial charge in [-0.05, 0) is 26.7 Å². The summed E-state index contributed by atoms with van der Waals surface area (Å²) in [7, 11) is 0. The van der Waals surface area contributed by atoms with Gasteiger partial charge in [0.25, 0.3) is 0 Å². The summed E-state index contributed by atoms with van der Waals surface area (Å²) in [5.41, 5.74) is -0.685. The van der Waals surface area contributed by atoms with Gasteiger partial charge in [-0.15, -0.1) is 0 Å². The van der Waals surface area contributed by atoms with Gasteiger partial charge >= 0.3 is 0 Å². The zero-order chi connectivity index (χ0) is 9.19. The number of nitrogens with zero attached hydrogens (tertiary/aromatic N) is 1. The van der Waals surface area contributed by atoms with Crippen LogP contribution >= 0.6 is 0 Å². The van der Waals surface area contributed by atoms with Gasteiger partial charge in [-0.25, -0.2) is 0 Å². The molecule has 0 spiro atoms. The number of carbonyl (C=O) groups excluding carboxylic acids is 1. The van der Waals surface area contributed by atoms with Gasteiger partial charge in [0.2, 0.25) is 0 Å². The fourth-order valence-electron chi connectivity index (χ4n) is 1.49. The summed E-state index contributed by atoms with van der Waals surface area (Å²) in [6, 6.07) is 1.94. The lowest BCUT2D eigenvalue weighted by atomic mass is 9.90. The van der Waals surface area contributed by atoms with E-state index in [9.17, 15) is 4.79 Å². The average Bonchev–Trinajstić information content (AvgIpc) is 2.50. The number of Topliss-reactive ketones (excluding diaryl/α,β-unsaturated/α-hetero) is 1. The van der Waals surface area contributed by atoms with Crippen molar-refractivity contribution in [3.8, 4) is 6.07 Å². The maximum Gasteiger partial charge on any atom is 0.181 e. The molecule has 3 heteroatoms. The number of ether oxygens (including phenoxy) is 1. The van der Waals surface area contributed by atoms with Crippen LogP contribution in [0.5, 0.6) is 0 Å². The summed E-state index contributed by atoms with van der Waals surface area (Å²) in [5.74, 6) is -0.629. The lowest BCUT2D eigenvalue weighted by Crippen LogP contribution is -2.37. The van der Waals surface area contributed by atoms with Gasteiger partial charge in [0.05, 0.1) is 6.07 Å². The van der Waals surface area contributed by atoms with Crippen LogP contribution in [-0.4, -0.2) is 18.0 Å². The molecule has 0 N–H and O–H groups in total. The molecule has 0 aromatic rings. The van der Waals surface area contributed by atoms with Crippen molar-refractivity contribution in [1.82, 2.24) is 0 Å². The van der Waals surface area contributed by atoms with E-state index in [1.165, 1.54) is 0 Å². The van der Waals surface area contributed by atoms with Crippen molar-refractivity contribution in [3.63, 3.8) is 0 Å². The maximum atomic E-state index is 11.6. The number of hydrogen-bond acceptors (Lipinski definition) is 3. The molecular formula is C9H13NO2. The molecule has 1 saturated heterocycles. The van der Waals surface area contributed by atoms with Crippen LogP contribution in [-0.2, 0) is 9.53 Å². The Kier molecular flexibility index (Phi) is 2.49. The van der Waals surface area contributed by atoms with E-state index in [0.717, 1.165) is 12.8 Å². The Bertz CT molecular complexity index is 223. The van der Waals surface area contributed by atoms with Crippen molar-refractivity contribution >= 4 is 5.78 Å². The Labute approximate surface area is 72.3 Å². The second kappa shape index (κ2) is 3.24. The molecule has 0 aromatic heterocycles. The third-order valence-electron chi connectivity index (χ3n) is 2.33. The molecule has 0 radical (unpaired) electrons. The summed E-state index contributed by atoms with van der Waals surface area (Å²) in [5, 5.41) is 8.55. The Morgan fingerprint density at radius 3 is 2.83 bits per heavy atom. The van der Waals surface area contributed by atoms with Gasteiger partial charge in [0, 0.05) is 6.61 Å². The first-order valence-corrected chi connectivity index (χ1v) is 4.18. The number of ketones is 1. The van der Waals surface area contributed by atoms with Crippen LogP contribution in [0.15, 0.2) is 0 Å². The van der Waals surface area contributed by atoms with Gasteiger partial charge in [0.15, 0.2) is 5.78 Å². The highest BCUT2D eigenvalue weighted by Gasteiger charge is 2.39. The van der Waals surface area contributed by atoms with Crippen LogP contribution in [0.1, 0.15) is 26.7 Å². The second-order valence-corrected chi connectivity index (χ2v) is 3.40. The summed E-state index contributed by atoms with van der Waals surface area (Å²) >= 11 is 0. The summed E-state index contributed by atoms with van der Waals surface area (Å²) < 4.78 is 5.32. The molecule has 1 aliphatic heterocycles. The van der Waals surface area contributed by atoms with Crippen molar-refractivity contribution in [2.45, 2.75) is 32.3 Å². The largest absolute Gasteiger partial charge is 0.367 e. The molecule has 1 aliphatic rings. The minimum atomic E-state index is -0.685. The highest BCUT2D eigenvalue weighted by molar-refractivity contribution is 5.90. The first kappa shape index (κ1) is 9.21. The molecule has 66 valence electrons. The van der Waals surface area contributed by atoms with Crippen LogP contribution in [0.25, 0.3) is 0 Å². The topological polar surface area (TPSA) is 50.1 Å². The van der Waals surface area contributed by atoms with Crippen molar-refractivity contribution in [2.24, 2.45) is 5.92 Å². The van der Waals surface area contributed by atoms with Crippen molar-refractivity contribution in [3.05, 3.63) is 0 Å². The van der Waals surface area contributed by atoms with Gasteiger partial charge < -0.3 is 4.74 Å². The lowest BCUT2D eigenvalue weighted by Gasteiger charge is -2.22. The van der Waals surface area contributed by atoms with Crippen molar-refractivity contribution in [1.29, 1.82) is 5.26 Å². The van der Waals surface area contributed by atoms with E-state index in [2.05, 4.69) is 0 Å². The summed E-state index contributed by atoms with van der Waals surface area (Å²) in [6.45, 7) is 4.03. The summed E-state index contributed by atoms with van der Waals surface area (Å²) in [4.78, 5) is 11.6. The molecule has 0 saturated carbocycles. The second-order valence-electron chi connectivity index (χ2n) is 3.40. The Balaban J connectivity index is 2.69. The molecule has 1 rings (SSSR count). The highest BCUT2D eigenvalue weighted by atomic mass is 16.5. The number of nitriles is 1. The normalized spacial score (nSPS) is 31.1. The first-order chi connectivity index (χ1) is 5.60. The Morgan fingerprint density at radius 1 is 1.75 bits per heavy atom. The van der Waals surface area contributed by atoms with Crippen LogP contribution in [0.3, 0.4) is 0 Å². The van der Waals surface area contributed by atoms with Crippen molar-refractivity contribution in [2.75, 3.05) is 6.61 Å². The lowest BCUT2D eigenvalue weighted by molar-refractivity contribution is -0.139. The van der Waals surface area contributed by atoms with Gasteiger partial charge in [-0.3, -0.25) is 4.79 Å². The van der Waals surface area contributed by atoms with Crippen LogP contribution in [0.2, 0.25) is 0 Å². The maximum absolute atomic E-state index is 11.6. The first-order valence-electron chi connectivity index (χ1n) is 4.18. The quantitative estimate of drug-likeness (QED) is 0.622. The fraction of sp³-hybridized carbons (Fsp3) is 0.778. The van der Waals surface area contributed by atoms with E-state index in [1.54, 1.807) is 13.8 Å². The Hall–Kier alpha value is -0.880. The third-order valence-corrected chi connectivity index (χ3v) is 2.33. The number of rotatable bonds is 2. The summed E-state index contributed by atoms with van der Waals surface area (Å²) in [6.07, 6.45) is 1.66. The molecule has 2 atom stereocenters. The SMILES string of the molecule is CC(C#N)C(=O)C1(C)CCCO1. The zero-order valence-corrected chi connectivity index (χ0v) is 7.46. The molecule has 12 heavy (non-hydrogen) atoms. The predicted molar refractivity (Wildman–Crippen MR) is 43.4 cm³/mol. The molecule has 3 nitrogen and oxygen atoms in total. The van der Waals surface area contributed by atoms with Gasteiger partial charge in [-0.2, -0.15) is 5.26 Å². The molecule has 0 aromatic carbocycles. The molecule has 0 aliphatic carbocycles. The zero-order valence-electron chi connectivity index (χ0n) is 7.46. The van der Waals surface area contributed by atoms with Crippen LogP contribution in [0.4, 0.5) is 0 Å². The molecule has 0 bridgehead atoms. The fourth-order valence-corrected chi connectivity index (χ4v) is 1.49. The number of carbonyl (C=O) groups is 1. The molecule has 0 amide bonds. The standard InChI is InChI=1S/C9H13NO2/c1-7(6-10)8(11)9(2)4-3-5-12-9/h7H,3-5H2,1-2H3. The molecule has 1 heterocycles. The minimum absolute atomic E-state index is 0.0810. The van der Waals surface area contributed by atoms with E-state index >= 15 is 0 Å². The van der Waals surface area contributed by atoms with E-state index in [0.29, 0.717) is 6.61 Å². The van der Waals surface area contributed by atoms with Crippen molar-refractivity contribution < 1.29 is 9.53 Å². The van der Waals surface area contributed by atoms with Gasteiger partial charge in [-0.1, -0.05) is 0 Å².